The molecule has 2 unspecified atom stereocenters. The van der Waals surface area contributed by atoms with Gasteiger partial charge in [-0.2, -0.15) is 0 Å². The highest BCUT2D eigenvalue weighted by Crippen LogP contribution is 2.27. The summed E-state index contributed by atoms with van der Waals surface area (Å²) in [5.41, 5.74) is 1.36. The number of likely N-dealkylation sites (tertiary alicyclic amines) is 1. The molecule has 2 heterocycles. The topological polar surface area (TPSA) is 48.7 Å². The van der Waals surface area contributed by atoms with Gasteiger partial charge in [0.25, 0.3) is 0 Å². The summed E-state index contributed by atoms with van der Waals surface area (Å²) in [7, 11) is 4.07. The van der Waals surface area contributed by atoms with E-state index in [0.29, 0.717) is 12.0 Å². The first-order valence-corrected chi connectivity index (χ1v) is 10.3. The van der Waals surface area contributed by atoms with E-state index >= 15 is 0 Å². The molecule has 1 aromatic carbocycles. The molecular formula is C22H34N6. The summed E-state index contributed by atoms with van der Waals surface area (Å²) in [5.74, 6) is 1.66. The van der Waals surface area contributed by atoms with Crippen molar-refractivity contribution >= 4 is 5.96 Å². The van der Waals surface area contributed by atoms with E-state index in [1.165, 1.54) is 12.0 Å². The van der Waals surface area contributed by atoms with Crippen LogP contribution in [0.15, 0.2) is 54.0 Å². The van der Waals surface area contributed by atoms with Gasteiger partial charge in [-0.1, -0.05) is 37.3 Å². The lowest BCUT2D eigenvalue weighted by molar-refractivity contribution is 0.189. The van der Waals surface area contributed by atoms with Crippen LogP contribution in [-0.2, 0) is 6.54 Å². The van der Waals surface area contributed by atoms with Crippen molar-refractivity contribution in [2.24, 2.45) is 10.9 Å². The molecule has 28 heavy (non-hydrogen) atoms. The molecular weight excluding hydrogens is 348 g/mol. The van der Waals surface area contributed by atoms with Crippen LogP contribution < -0.4 is 5.32 Å². The second kappa shape index (κ2) is 10.3. The van der Waals surface area contributed by atoms with Gasteiger partial charge in [0.1, 0.15) is 0 Å². The molecule has 0 saturated carbocycles. The monoisotopic (exact) mass is 382 g/mol. The molecule has 0 bridgehead atoms. The number of guanidine groups is 1. The fraction of sp³-hybridized carbons (Fsp3) is 0.545. The molecule has 0 radical (unpaired) electrons. The summed E-state index contributed by atoms with van der Waals surface area (Å²) in [4.78, 5) is 13.5. The Bertz CT molecular complexity index is 712. The number of nitrogens with one attached hydrogen (secondary N) is 1. The number of nitrogens with zero attached hydrogens (tertiary/aromatic N) is 5. The molecule has 1 fully saturated rings. The Balaban J connectivity index is 1.43. The van der Waals surface area contributed by atoms with Gasteiger partial charge >= 0.3 is 0 Å². The lowest BCUT2D eigenvalue weighted by Crippen LogP contribution is -2.49. The van der Waals surface area contributed by atoms with Crippen molar-refractivity contribution in [3.05, 3.63) is 54.6 Å². The maximum Gasteiger partial charge on any atom is 0.193 e. The van der Waals surface area contributed by atoms with Gasteiger partial charge in [0, 0.05) is 45.6 Å². The number of benzene rings is 1. The van der Waals surface area contributed by atoms with Crippen LogP contribution in [0, 0.1) is 5.92 Å². The molecule has 6 nitrogen and oxygen atoms in total. The third-order valence-corrected chi connectivity index (χ3v) is 5.63. The molecule has 1 N–H and O–H groups in total. The van der Waals surface area contributed by atoms with Crippen molar-refractivity contribution in [1.29, 1.82) is 0 Å². The minimum atomic E-state index is 0.451. The Morgan fingerprint density at radius 1 is 1.32 bits per heavy atom. The summed E-state index contributed by atoms with van der Waals surface area (Å²) in [6.07, 6.45) is 8.14. The zero-order valence-corrected chi connectivity index (χ0v) is 17.5. The van der Waals surface area contributed by atoms with E-state index in [9.17, 15) is 0 Å². The van der Waals surface area contributed by atoms with Gasteiger partial charge in [0.15, 0.2) is 5.96 Å². The minimum Gasteiger partial charge on any atom is -0.356 e. The molecule has 1 aromatic heterocycles. The Hall–Kier alpha value is -2.34. The molecule has 1 aliphatic heterocycles. The number of imidazole rings is 1. The van der Waals surface area contributed by atoms with E-state index < -0.39 is 0 Å². The lowest BCUT2D eigenvalue weighted by atomic mass is 9.93. The molecule has 0 spiro atoms. The molecule has 0 amide bonds. The predicted molar refractivity (Wildman–Crippen MR) is 115 cm³/mol. The number of piperidine rings is 1. The third kappa shape index (κ3) is 5.58. The highest BCUT2D eigenvalue weighted by molar-refractivity contribution is 5.80. The van der Waals surface area contributed by atoms with Crippen LogP contribution in [0.4, 0.5) is 0 Å². The van der Waals surface area contributed by atoms with Gasteiger partial charge in [-0.25, -0.2) is 4.98 Å². The third-order valence-electron chi connectivity index (χ3n) is 5.63. The Labute approximate surface area is 169 Å². The summed E-state index contributed by atoms with van der Waals surface area (Å²) in [6.45, 7) is 7.36. The van der Waals surface area contributed by atoms with Gasteiger partial charge in [0.05, 0.1) is 12.4 Å². The van der Waals surface area contributed by atoms with E-state index in [1.54, 1.807) is 0 Å². The molecule has 1 saturated heterocycles. The summed E-state index contributed by atoms with van der Waals surface area (Å²) >= 11 is 0. The standard InChI is InChI=1S/C22H34N6/c1-19-10-14-27(17-21(19)28-15-12-24-18-28)22(23-2)25-11-7-13-26(3)16-20-8-5-4-6-9-20/h4-6,8-9,12,15,18-19,21H,7,10-11,13-14,16-17H2,1-3H3,(H,23,25). The number of hydrogen-bond acceptors (Lipinski definition) is 3. The van der Waals surface area contributed by atoms with Crippen LogP contribution in [0.1, 0.15) is 31.4 Å². The minimum absolute atomic E-state index is 0.451. The first kappa shape index (κ1) is 20.4. The van der Waals surface area contributed by atoms with Crippen molar-refractivity contribution in [3.63, 3.8) is 0 Å². The summed E-state index contributed by atoms with van der Waals surface area (Å²) < 4.78 is 2.24. The van der Waals surface area contributed by atoms with E-state index in [1.807, 2.05) is 19.6 Å². The maximum absolute atomic E-state index is 4.53. The van der Waals surface area contributed by atoms with E-state index in [2.05, 4.69) is 80.2 Å². The van der Waals surface area contributed by atoms with Gasteiger partial charge < -0.3 is 19.7 Å². The van der Waals surface area contributed by atoms with Crippen LogP contribution in [0.3, 0.4) is 0 Å². The Kier molecular flexibility index (Phi) is 7.48. The predicted octanol–water partition coefficient (Wildman–Crippen LogP) is 2.86. The molecule has 6 heteroatoms. The normalized spacial score (nSPS) is 20.6. The molecule has 152 valence electrons. The fourth-order valence-electron chi connectivity index (χ4n) is 3.95. The number of aliphatic imine (C=N–C) groups is 1. The number of hydrogen-bond donors (Lipinski definition) is 1. The van der Waals surface area contributed by atoms with Gasteiger partial charge in [-0.05, 0) is 37.9 Å². The fourth-order valence-corrected chi connectivity index (χ4v) is 3.95. The second-order valence-corrected chi connectivity index (χ2v) is 7.84. The van der Waals surface area contributed by atoms with E-state index in [0.717, 1.165) is 45.1 Å². The summed E-state index contributed by atoms with van der Waals surface area (Å²) in [6, 6.07) is 11.1. The molecule has 2 aromatic rings. The maximum atomic E-state index is 4.53. The molecule has 3 rings (SSSR count). The first-order chi connectivity index (χ1) is 13.7. The average molecular weight is 383 g/mol. The molecule has 0 aliphatic carbocycles. The number of rotatable bonds is 7. The van der Waals surface area contributed by atoms with Gasteiger partial charge in [-0.15, -0.1) is 0 Å². The van der Waals surface area contributed by atoms with Crippen LogP contribution in [-0.4, -0.2) is 65.6 Å². The SMILES string of the molecule is CN=C(NCCCN(C)Cc1ccccc1)N1CCC(C)C(n2ccnc2)C1. The van der Waals surface area contributed by atoms with Crippen LogP contribution in [0.25, 0.3) is 0 Å². The number of aromatic nitrogens is 2. The van der Waals surface area contributed by atoms with E-state index in [-0.39, 0.29) is 0 Å². The smallest absolute Gasteiger partial charge is 0.193 e. The highest BCUT2D eigenvalue weighted by atomic mass is 15.3. The van der Waals surface area contributed by atoms with Crippen molar-refractivity contribution in [2.45, 2.75) is 32.4 Å². The molecule has 2 atom stereocenters. The first-order valence-electron chi connectivity index (χ1n) is 10.3. The quantitative estimate of drug-likeness (QED) is 0.454. The van der Waals surface area contributed by atoms with Crippen molar-refractivity contribution in [2.75, 3.05) is 40.3 Å². The van der Waals surface area contributed by atoms with E-state index in [4.69, 9.17) is 0 Å². The second-order valence-electron chi connectivity index (χ2n) is 7.84. The van der Waals surface area contributed by atoms with Crippen LogP contribution in [0.2, 0.25) is 0 Å². The highest BCUT2D eigenvalue weighted by Gasteiger charge is 2.28. The molecule has 1 aliphatic rings. The Morgan fingerprint density at radius 2 is 2.14 bits per heavy atom. The van der Waals surface area contributed by atoms with Crippen molar-refractivity contribution < 1.29 is 0 Å². The average Bonchev–Trinajstić information content (AvgIpc) is 3.24. The zero-order valence-electron chi connectivity index (χ0n) is 17.5. The Morgan fingerprint density at radius 3 is 2.86 bits per heavy atom. The van der Waals surface area contributed by atoms with Gasteiger partial charge in [-0.3, -0.25) is 4.99 Å². The van der Waals surface area contributed by atoms with Crippen molar-refractivity contribution in [3.8, 4) is 0 Å². The largest absolute Gasteiger partial charge is 0.356 e. The van der Waals surface area contributed by atoms with Crippen LogP contribution >= 0.6 is 0 Å². The summed E-state index contributed by atoms with van der Waals surface area (Å²) in [5, 5.41) is 3.56. The van der Waals surface area contributed by atoms with Gasteiger partial charge in [0.2, 0.25) is 0 Å². The van der Waals surface area contributed by atoms with Crippen molar-refractivity contribution in [1.82, 2.24) is 24.7 Å². The zero-order chi connectivity index (χ0) is 19.8. The van der Waals surface area contributed by atoms with Crippen LogP contribution in [0.5, 0.6) is 0 Å². The lowest BCUT2D eigenvalue weighted by Gasteiger charge is -2.39.